The first-order chi connectivity index (χ1) is 8.51. The van der Waals surface area contributed by atoms with Crippen LogP contribution in [0.4, 0.5) is 0 Å². The van der Waals surface area contributed by atoms with Gasteiger partial charge < -0.3 is 9.16 Å². The lowest BCUT2D eigenvalue weighted by Gasteiger charge is -2.24. The normalized spacial score (nSPS) is 16.6. The lowest BCUT2D eigenvalue weighted by molar-refractivity contribution is 0.226. The summed E-state index contributed by atoms with van der Waals surface area (Å²) in [7, 11) is -1.46. The third-order valence-corrected chi connectivity index (χ3v) is 3.84. The Morgan fingerprint density at radius 1 is 1.22 bits per heavy atom. The Bertz CT molecular complexity index is 289. The van der Waals surface area contributed by atoms with Gasteiger partial charge in [0.1, 0.15) is 6.26 Å². The molecule has 0 radical (unpaired) electrons. The molecule has 1 aliphatic heterocycles. The molecule has 18 heavy (non-hydrogen) atoms. The lowest BCUT2D eigenvalue weighted by atomic mass is 10.1. The highest BCUT2D eigenvalue weighted by Gasteiger charge is 2.19. The van der Waals surface area contributed by atoms with Crippen LogP contribution in [-0.2, 0) is 9.16 Å². The molecule has 0 saturated heterocycles. The van der Waals surface area contributed by atoms with Gasteiger partial charge in [-0.1, -0.05) is 45.1 Å². The van der Waals surface area contributed by atoms with Gasteiger partial charge in [-0.2, -0.15) is 0 Å². The van der Waals surface area contributed by atoms with Crippen molar-refractivity contribution in [1.29, 1.82) is 0 Å². The van der Waals surface area contributed by atoms with Crippen LogP contribution in [0.15, 0.2) is 24.2 Å². The molecule has 104 valence electrons. The minimum absolute atomic E-state index is 0.267. The van der Waals surface area contributed by atoms with Crippen LogP contribution in [0.25, 0.3) is 0 Å². The van der Waals surface area contributed by atoms with Crippen LogP contribution >= 0.6 is 0 Å². The van der Waals surface area contributed by atoms with E-state index in [9.17, 15) is 0 Å². The monoisotopic (exact) mass is 268 g/mol. The fourth-order valence-corrected chi connectivity index (χ4v) is 3.02. The molecule has 0 saturated carbocycles. The van der Waals surface area contributed by atoms with Gasteiger partial charge in [0, 0.05) is 0 Å². The highest BCUT2D eigenvalue weighted by atomic mass is 28.4. The molecule has 0 bridgehead atoms. The first-order valence-corrected chi connectivity index (χ1v) is 10.6. The summed E-state index contributed by atoms with van der Waals surface area (Å²) in [5, 5.41) is 0. The molecule has 2 nitrogen and oxygen atoms in total. The minimum Gasteiger partial charge on any atom is -0.458 e. The zero-order chi connectivity index (χ0) is 13.4. The van der Waals surface area contributed by atoms with Gasteiger partial charge in [0.05, 0.1) is 6.10 Å². The fourth-order valence-electron chi connectivity index (χ4n) is 1.91. The molecule has 0 N–H and O–H groups in total. The average molecular weight is 268 g/mol. The summed E-state index contributed by atoms with van der Waals surface area (Å²) in [6.45, 7) is 9.00. The van der Waals surface area contributed by atoms with E-state index < -0.39 is 8.32 Å². The summed E-state index contributed by atoms with van der Waals surface area (Å²) in [5.74, 6) is 0.977. The van der Waals surface area contributed by atoms with Crippen molar-refractivity contribution >= 4 is 8.32 Å². The van der Waals surface area contributed by atoms with Crippen LogP contribution in [0.1, 0.15) is 45.4 Å². The number of allylic oxidation sites excluding steroid dienone is 1. The van der Waals surface area contributed by atoms with E-state index in [2.05, 4.69) is 32.6 Å². The van der Waals surface area contributed by atoms with Crippen LogP contribution in [0.5, 0.6) is 0 Å². The maximum absolute atomic E-state index is 6.19. The third kappa shape index (κ3) is 8.53. The topological polar surface area (TPSA) is 21.8 Å². The van der Waals surface area contributed by atoms with Gasteiger partial charge in [0.15, 0.2) is 14.1 Å². The predicted octanol–water partition coefficient (Wildman–Crippen LogP) is 4.99. The van der Waals surface area contributed by atoms with Gasteiger partial charge in [-0.05, 0) is 32.1 Å². The molecule has 0 aromatic heterocycles. The van der Waals surface area contributed by atoms with E-state index in [4.69, 9.17) is 9.16 Å². The smallest absolute Gasteiger partial charge is 0.184 e. The number of hydrogen-bond acceptors (Lipinski definition) is 2. The van der Waals surface area contributed by atoms with E-state index in [-0.39, 0.29) is 6.10 Å². The van der Waals surface area contributed by atoms with Crippen LogP contribution in [0, 0.1) is 0 Å². The molecular formula is C15H28O2Si. The quantitative estimate of drug-likeness (QED) is 0.411. The summed E-state index contributed by atoms with van der Waals surface area (Å²) in [5.41, 5.74) is 0. The third-order valence-electron chi connectivity index (χ3n) is 2.83. The summed E-state index contributed by atoms with van der Waals surface area (Å²) in [6, 6.07) is 0. The van der Waals surface area contributed by atoms with Crippen molar-refractivity contribution in [3.63, 3.8) is 0 Å². The second-order valence-corrected chi connectivity index (χ2v) is 10.4. The van der Waals surface area contributed by atoms with Crippen LogP contribution in [-0.4, -0.2) is 14.4 Å². The number of hydrogen-bond donors (Lipinski definition) is 0. The molecule has 0 fully saturated rings. The lowest BCUT2D eigenvalue weighted by Crippen LogP contribution is -2.31. The molecule has 0 aliphatic carbocycles. The van der Waals surface area contributed by atoms with Crippen molar-refractivity contribution in [2.24, 2.45) is 0 Å². The molecule has 3 heteroatoms. The van der Waals surface area contributed by atoms with Gasteiger partial charge >= 0.3 is 0 Å². The summed E-state index contributed by atoms with van der Waals surface area (Å²) < 4.78 is 11.2. The average Bonchev–Trinajstić information content (AvgIpc) is 3.07. The Labute approximate surface area is 113 Å². The van der Waals surface area contributed by atoms with Crippen molar-refractivity contribution in [3.8, 4) is 0 Å². The van der Waals surface area contributed by atoms with Crippen LogP contribution in [0.3, 0.4) is 0 Å². The second-order valence-electron chi connectivity index (χ2n) is 5.97. The van der Waals surface area contributed by atoms with Crippen LogP contribution in [0.2, 0.25) is 19.6 Å². The molecule has 1 aliphatic rings. The molecule has 1 heterocycles. The second kappa shape index (κ2) is 7.80. The number of ether oxygens (including phenoxy) is 1. The number of rotatable bonds is 10. The Balaban J connectivity index is 2.27. The van der Waals surface area contributed by atoms with E-state index in [1.165, 1.54) is 32.1 Å². The van der Waals surface area contributed by atoms with Gasteiger partial charge in [0.25, 0.3) is 0 Å². The molecule has 1 atom stereocenters. The molecule has 0 aromatic rings. The predicted molar refractivity (Wildman–Crippen MR) is 79.9 cm³/mol. The van der Waals surface area contributed by atoms with E-state index in [0.29, 0.717) is 0 Å². The molecule has 1 unspecified atom stereocenters. The molecule has 0 amide bonds. The Hall–Kier alpha value is -0.543. The maximum atomic E-state index is 6.19. The first kappa shape index (κ1) is 15.5. The van der Waals surface area contributed by atoms with E-state index in [0.717, 1.165) is 12.2 Å². The van der Waals surface area contributed by atoms with E-state index >= 15 is 0 Å². The van der Waals surface area contributed by atoms with Crippen molar-refractivity contribution in [3.05, 3.63) is 24.2 Å². The van der Waals surface area contributed by atoms with E-state index in [1.54, 1.807) is 6.26 Å². The molecule has 0 aromatic carbocycles. The SMILES string of the molecule is CCCCCCCC(C=CC1=CO1)O[Si](C)(C)C. The first-order valence-electron chi connectivity index (χ1n) is 7.24. The molecular weight excluding hydrogens is 240 g/mol. The molecule has 0 spiro atoms. The van der Waals surface area contributed by atoms with Crippen molar-refractivity contribution < 1.29 is 9.16 Å². The van der Waals surface area contributed by atoms with Gasteiger partial charge in [0.2, 0.25) is 0 Å². The van der Waals surface area contributed by atoms with E-state index in [1.807, 2.05) is 6.08 Å². The van der Waals surface area contributed by atoms with Crippen molar-refractivity contribution in [2.45, 2.75) is 71.2 Å². The highest BCUT2D eigenvalue weighted by Crippen LogP contribution is 2.19. The standard InChI is InChI=1S/C15H28O2Si/c1-5-6-7-8-9-10-14(17-18(2,3)4)11-12-15-13-16-15/h11-14H,5-10H2,1-4H3. The van der Waals surface area contributed by atoms with Crippen LogP contribution < -0.4 is 0 Å². The zero-order valence-corrected chi connectivity index (χ0v) is 13.4. The van der Waals surface area contributed by atoms with Gasteiger partial charge in [-0.3, -0.25) is 0 Å². The minimum atomic E-state index is -1.46. The van der Waals surface area contributed by atoms with Crippen molar-refractivity contribution in [2.75, 3.05) is 0 Å². The zero-order valence-electron chi connectivity index (χ0n) is 12.4. The maximum Gasteiger partial charge on any atom is 0.184 e. The summed E-state index contributed by atoms with van der Waals surface area (Å²) >= 11 is 0. The molecule has 1 rings (SSSR count). The number of unbranched alkanes of at least 4 members (excludes halogenated alkanes) is 4. The Morgan fingerprint density at radius 2 is 1.89 bits per heavy atom. The highest BCUT2D eigenvalue weighted by molar-refractivity contribution is 6.69. The fraction of sp³-hybridized carbons (Fsp3) is 0.733. The Kier molecular flexibility index (Phi) is 6.72. The largest absolute Gasteiger partial charge is 0.458 e. The van der Waals surface area contributed by atoms with Gasteiger partial charge in [-0.15, -0.1) is 0 Å². The Morgan fingerprint density at radius 3 is 2.44 bits per heavy atom. The summed E-state index contributed by atoms with van der Waals surface area (Å²) in [6.07, 6.45) is 14.0. The summed E-state index contributed by atoms with van der Waals surface area (Å²) in [4.78, 5) is 0. The van der Waals surface area contributed by atoms with Gasteiger partial charge in [-0.25, -0.2) is 0 Å². The van der Waals surface area contributed by atoms with Crippen molar-refractivity contribution in [1.82, 2.24) is 0 Å².